The third-order valence-electron chi connectivity index (χ3n) is 4.18. The number of nitrogens with one attached hydrogen (secondary N) is 1. The molecule has 24 heavy (non-hydrogen) atoms. The fraction of sp³-hybridized carbons (Fsp3) is 0.375. The maximum Gasteiger partial charge on any atom is 0.414 e. The summed E-state index contributed by atoms with van der Waals surface area (Å²) >= 11 is 0. The molecular formula is C16H16N6O2. The van der Waals surface area contributed by atoms with Gasteiger partial charge in [-0.25, -0.2) is 16.4 Å². The van der Waals surface area contributed by atoms with Gasteiger partial charge in [-0.1, -0.05) is 0 Å². The van der Waals surface area contributed by atoms with Crippen LogP contribution in [-0.2, 0) is 10.3 Å². The van der Waals surface area contributed by atoms with Gasteiger partial charge in [0.1, 0.15) is 6.10 Å². The Morgan fingerprint density at radius 1 is 1.54 bits per heavy atom. The van der Waals surface area contributed by atoms with Crippen LogP contribution in [0.2, 0.25) is 0 Å². The van der Waals surface area contributed by atoms with E-state index in [1.807, 2.05) is 24.3 Å². The number of guanidine groups is 1. The molecule has 3 N–H and O–H groups in total. The van der Waals surface area contributed by atoms with Crippen molar-refractivity contribution in [2.24, 2.45) is 10.7 Å². The van der Waals surface area contributed by atoms with E-state index < -0.39 is 12.2 Å². The normalized spacial score (nSPS) is 21.6. The van der Waals surface area contributed by atoms with Crippen LogP contribution in [0.5, 0.6) is 0 Å². The fourth-order valence-corrected chi connectivity index (χ4v) is 2.66. The molecule has 1 amide bonds. The van der Waals surface area contributed by atoms with Crippen LogP contribution >= 0.6 is 0 Å². The standard InChI is InChI=1S/C16H16N6O2/c1-19-16(6-7-16)11-2-4-12(5-3-11)22-9-13(24-15(22)23)8-20-14(18)21-10-17/h2-5,13H,6-9H2,(H3,18,20,21)/t13-/m0/s1. The molecule has 1 aliphatic heterocycles. The van der Waals surface area contributed by atoms with Crippen molar-refractivity contribution in [2.45, 2.75) is 24.5 Å². The van der Waals surface area contributed by atoms with Crippen LogP contribution < -0.4 is 16.0 Å². The second-order valence-corrected chi connectivity index (χ2v) is 5.77. The lowest BCUT2D eigenvalue weighted by atomic mass is 10.1. The number of nitrogens with zero attached hydrogens (tertiary/aromatic N) is 4. The Balaban J connectivity index is 1.65. The first-order valence-corrected chi connectivity index (χ1v) is 7.50. The maximum absolute atomic E-state index is 12.0. The summed E-state index contributed by atoms with van der Waals surface area (Å²) in [4.78, 5) is 21.2. The summed E-state index contributed by atoms with van der Waals surface area (Å²) in [6, 6.07) is 7.46. The highest BCUT2D eigenvalue weighted by molar-refractivity contribution is 5.89. The van der Waals surface area contributed by atoms with Crippen LogP contribution in [0, 0.1) is 18.0 Å². The number of anilines is 1. The van der Waals surface area contributed by atoms with Crippen molar-refractivity contribution in [1.82, 2.24) is 5.32 Å². The van der Waals surface area contributed by atoms with E-state index in [4.69, 9.17) is 22.3 Å². The zero-order chi connectivity index (χ0) is 17.2. The molecule has 1 heterocycles. The number of carbonyl (C=O) groups excluding carboxylic acids is 1. The highest BCUT2D eigenvalue weighted by Crippen LogP contribution is 2.49. The largest absolute Gasteiger partial charge is 0.442 e. The Labute approximate surface area is 139 Å². The fourth-order valence-electron chi connectivity index (χ4n) is 2.66. The Bertz CT molecular complexity index is 754. The SMILES string of the molecule is [C-]#[N+]C1(c2ccc(N3C[C@H](CN=C(N)NC#N)OC3=O)cc2)CC1. The van der Waals surface area contributed by atoms with E-state index in [-0.39, 0.29) is 18.0 Å². The van der Waals surface area contributed by atoms with E-state index in [9.17, 15) is 4.79 Å². The quantitative estimate of drug-likeness (QED) is 0.285. The van der Waals surface area contributed by atoms with Crippen LogP contribution in [0.25, 0.3) is 4.85 Å². The van der Waals surface area contributed by atoms with Crippen molar-refractivity contribution in [3.05, 3.63) is 41.2 Å². The molecule has 3 rings (SSSR count). The molecule has 0 spiro atoms. The van der Waals surface area contributed by atoms with E-state index in [2.05, 4.69) is 15.2 Å². The summed E-state index contributed by atoms with van der Waals surface area (Å²) in [7, 11) is 0. The summed E-state index contributed by atoms with van der Waals surface area (Å²) < 4.78 is 5.25. The Kier molecular flexibility index (Phi) is 3.97. The summed E-state index contributed by atoms with van der Waals surface area (Å²) in [6.45, 7) is 7.83. The predicted molar refractivity (Wildman–Crippen MR) is 86.8 cm³/mol. The van der Waals surface area contributed by atoms with Gasteiger partial charge in [0.2, 0.25) is 5.96 Å². The molecule has 1 aromatic rings. The molecule has 1 atom stereocenters. The number of nitriles is 1. The zero-order valence-corrected chi connectivity index (χ0v) is 12.9. The second kappa shape index (κ2) is 6.09. The van der Waals surface area contributed by atoms with Gasteiger partial charge < -0.3 is 15.3 Å². The van der Waals surface area contributed by atoms with Crippen LogP contribution in [0.15, 0.2) is 29.3 Å². The van der Waals surface area contributed by atoms with Crippen molar-refractivity contribution >= 4 is 17.7 Å². The van der Waals surface area contributed by atoms with E-state index in [1.165, 1.54) is 4.90 Å². The van der Waals surface area contributed by atoms with E-state index in [0.717, 1.165) is 24.1 Å². The first-order chi connectivity index (χ1) is 11.6. The Hall–Kier alpha value is -3.26. The monoisotopic (exact) mass is 324 g/mol. The smallest absolute Gasteiger partial charge is 0.414 e. The minimum absolute atomic E-state index is 0.00905. The summed E-state index contributed by atoms with van der Waals surface area (Å²) in [5.74, 6) is -0.00905. The third-order valence-corrected chi connectivity index (χ3v) is 4.18. The third kappa shape index (κ3) is 2.95. The topological polar surface area (TPSA) is 108 Å². The lowest BCUT2D eigenvalue weighted by Crippen LogP contribution is -2.30. The van der Waals surface area contributed by atoms with Gasteiger partial charge in [-0.3, -0.25) is 10.2 Å². The molecule has 0 radical (unpaired) electrons. The minimum atomic E-state index is -0.443. The number of amides is 1. The van der Waals surface area contributed by atoms with Gasteiger partial charge in [-0.05, 0) is 24.3 Å². The van der Waals surface area contributed by atoms with Gasteiger partial charge in [-0.15, -0.1) is 0 Å². The van der Waals surface area contributed by atoms with Crippen molar-refractivity contribution < 1.29 is 9.53 Å². The first-order valence-electron chi connectivity index (χ1n) is 7.50. The second-order valence-electron chi connectivity index (χ2n) is 5.77. The van der Waals surface area contributed by atoms with Crippen molar-refractivity contribution in [2.75, 3.05) is 18.0 Å². The van der Waals surface area contributed by atoms with Gasteiger partial charge >= 0.3 is 6.09 Å². The highest BCUT2D eigenvalue weighted by atomic mass is 16.6. The molecular weight excluding hydrogens is 308 g/mol. The molecule has 1 aliphatic carbocycles. The van der Waals surface area contributed by atoms with Gasteiger partial charge in [0, 0.05) is 24.1 Å². The predicted octanol–water partition coefficient (Wildman–Crippen LogP) is 1.31. The maximum atomic E-state index is 12.0. The van der Waals surface area contributed by atoms with Crippen LogP contribution in [0.3, 0.4) is 0 Å². The number of ether oxygens (including phenoxy) is 1. The molecule has 8 nitrogen and oxygen atoms in total. The van der Waals surface area contributed by atoms with Crippen LogP contribution in [0.1, 0.15) is 18.4 Å². The summed E-state index contributed by atoms with van der Waals surface area (Å²) in [5.41, 5.74) is 6.82. The first kappa shape index (κ1) is 15.6. The Morgan fingerprint density at radius 3 is 2.83 bits per heavy atom. The summed E-state index contributed by atoms with van der Waals surface area (Å²) in [6.07, 6.45) is 2.58. The molecule has 1 aromatic carbocycles. The van der Waals surface area contributed by atoms with Crippen molar-refractivity contribution in [3.63, 3.8) is 0 Å². The number of benzene rings is 1. The number of aliphatic imine (C=N–C) groups is 1. The van der Waals surface area contributed by atoms with Crippen molar-refractivity contribution in [3.8, 4) is 6.19 Å². The van der Waals surface area contributed by atoms with Crippen molar-refractivity contribution in [1.29, 1.82) is 5.26 Å². The van der Waals surface area contributed by atoms with Crippen LogP contribution in [0.4, 0.5) is 10.5 Å². The molecule has 1 saturated heterocycles. The van der Waals surface area contributed by atoms with Gasteiger partial charge in [0.25, 0.3) is 5.54 Å². The lowest BCUT2D eigenvalue weighted by molar-refractivity contribution is 0.145. The molecule has 2 aliphatic rings. The molecule has 0 unspecified atom stereocenters. The van der Waals surface area contributed by atoms with Gasteiger partial charge in [-0.2, -0.15) is 5.26 Å². The highest BCUT2D eigenvalue weighted by Gasteiger charge is 2.52. The van der Waals surface area contributed by atoms with Crippen LogP contribution in [-0.4, -0.2) is 31.2 Å². The van der Waals surface area contributed by atoms with Gasteiger partial charge in [0.15, 0.2) is 6.19 Å². The molecule has 0 bridgehead atoms. The number of nitrogens with two attached hydrogens (primary N) is 1. The lowest BCUT2D eigenvalue weighted by Gasteiger charge is -2.13. The average molecular weight is 324 g/mol. The van der Waals surface area contributed by atoms with E-state index in [1.54, 1.807) is 6.19 Å². The number of hydrogen-bond acceptors (Lipinski definition) is 4. The molecule has 1 saturated carbocycles. The number of rotatable bonds is 4. The Morgan fingerprint density at radius 2 is 2.25 bits per heavy atom. The van der Waals surface area contributed by atoms with Gasteiger partial charge in [0.05, 0.1) is 13.1 Å². The molecule has 2 fully saturated rings. The minimum Gasteiger partial charge on any atom is -0.442 e. The van der Waals surface area contributed by atoms with E-state index in [0.29, 0.717) is 6.54 Å². The number of carbonyl (C=O) groups is 1. The number of hydrogen-bond donors (Lipinski definition) is 2. The molecule has 8 heteroatoms. The zero-order valence-electron chi connectivity index (χ0n) is 12.9. The number of cyclic esters (lactones) is 1. The molecule has 122 valence electrons. The van der Waals surface area contributed by atoms with E-state index >= 15 is 0 Å². The molecule has 0 aromatic heterocycles. The average Bonchev–Trinajstić information content (AvgIpc) is 3.30. The summed E-state index contributed by atoms with van der Waals surface area (Å²) in [5, 5.41) is 10.6.